The fourth-order valence-corrected chi connectivity index (χ4v) is 3.26. The number of primary amides is 1. The molecule has 4 heteroatoms. The predicted octanol–water partition coefficient (Wildman–Crippen LogP) is 5.66. The van der Waals surface area contributed by atoms with E-state index in [0.717, 1.165) is 33.6 Å². The molecule has 0 radical (unpaired) electrons. The van der Waals surface area contributed by atoms with Crippen LogP contribution in [0.1, 0.15) is 40.9 Å². The molecular formula is C27H27NO3. The lowest BCUT2D eigenvalue weighted by molar-refractivity contribution is 0.1000. The van der Waals surface area contributed by atoms with Gasteiger partial charge in [0.25, 0.3) is 0 Å². The van der Waals surface area contributed by atoms with E-state index in [-0.39, 0.29) is 5.75 Å². The van der Waals surface area contributed by atoms with Crippen LogP contribution in [0.2, 0.25) is 0 Å². The van der Waals surface area contributed by atoms with Crippen LogP contribution in [-0.4, -0.2) is 11.0 Å². The zero-order valence-corrected chi connectivity index (χ0v) is 17.8. The molecule has 0 aliphatic heterocycles. The SMILES string of the molecule is C/C(=C/C=C(\C)c1cc(O)ccc1OCc1ccccc1)Cc1cccc(C(N)=O)c1. The van der Waals surface area contributed by atoms with Gasteiger partial charge in [0, 0.05) is 11.1 Å². The number of carbonyl (C=O) groups is 1. The minimum atomic E-state index is -0.425. The van der Waals surface area contributed by atoms with Crippen molar-refractivity contribution in [2.45, 2.75) is 26.9 Å². The number of allylic oxidation sites excluding steroid dienone is 4. The zero-order valence-electron chi connectivity index (χ0n) is 17.8. The first-order valence-electron chi connectivity index (χ1n) is 10.2. The first kappa shape index (κ1) is 21.9. The Hall–Kier alpha value is -3.79. The number of carbonyl (C=O) groups excluding carboxylic acids is 1. The van der Waals surface area contributed by atoms with Gasteiger partial charge < -0.3 is 15.6 Å². The standard InChI is InChI=1S/C27H27NO3/c1-19(15-22-9-6-10-23(16-22)27(28)30)11-12-20(2)25-17-24(29)13-14-26(25)31-18-21-7-4-3-5-8-21/h3-14,16-17,29H,15,18H2,1-2H3,(H2,28,30)/b19-11-,20-12+. The van der Waals surface area contributed by atoms with Crippen LogP contribution < -0.4 is 10.5 Å². The van der Waals surface area contributed by atoms with Gasteiger partial charge in [-0.2, -0.15) is 0 Å². The minimum Gasteiger partial charge on any atom is -0.508 e. The highest BCUT2D eigenvalue weighted by Crippen LogP contribution is 2.30. The van der Waals surface area contributed by atoms with E-state index in [4.69, 9.17) is 10.5 Å². The van der Waals surface area contributed by atoms with Crippen LogP contribution in [0, 0.1) is 0 Å². The molecule has 3 aromatic carbocycles. The molecule has 0 aromatic heterocycles. The topological polar surface area (TPSA) is 72.6 Å². The maximum atomic E-state index is 11.4. The Morgan fingerprint density at radius 1 is 0.935 bits per heavy atom. The third-order valence-corrected chi connectivity index (χ3v) is 4.94. The first-order valence-corrected chi connectivity index (χ1v) is 10.2. The average Bonchev–Trinajstić information content (AvgIpc) is 2.77. The number of ether oxygens (including phenoxy) is 1. The van der Waals surface area contributed by atoms with Crippen LogP contribution in [0.5, 0.6) is 11.5 Å². The van der Waals surface area contributed by atoms with Gasteiger partial charge in [0.1, 0.15) is 18.1 Å². The Bertz CT molecular complexity index is 1110. The van der Waals surface area contributed by atoms with Crippen molar-refractivity contribution in [3.63, 3.8) is 0 Å². The highest BCUT2D eigenvalue weighted by molar-refractivity contribution is 5.92. The van der Waals surface area contributed by atoms with E-state index in [2.05, 4.69) is 0 Å². The minimum absolute atomic E-state index is 0.193. The van der Waals surface area contributed by atoms with Crippen LogP contribution in [0.3, 0.4) is 0 Å². The highest BCUT2D eigenvalue weighted by Gasteiger charge is 2.08. The van der Waals surface area contributed by atoms with Crippen molar-refractivity contribution in [1.29, 1.82) is 0 Å². The molecule has 1 amide bonds. The average molecular weight is 414 g/mol. The van der Waals surface area contributed by atoms with Crippen molar-refractivity contribution < 1.29 is 14.6 Å². The van der Waals surface area contributed by atoms with Gasteiger partial charge in [-0.3, -0.25) is 4.79 Å². The maximum Gasteiger partial charge on any atom is 0.248 e. The quantitative estimate of drug-likeness (QED) is 0.468. The molecule has 0 atom stereocenters. The number of hydrogen-bond acceptors (Lipinski definition) is 3. The zero-order chi connectivity index (χ0) is 22.2. The van der Waals surface area contributed by atoms with Crippen LogP contribution in [0.25, 0.3) is 5.57 Å². The summed E-state index contributed by atoms with van der Waals surface area (Å²) < 4.78 is 6.02. The number of phenols is 1. The molecule has 0 fully saturated rings. The van der Waals surface area contributed by atoms with Gasteiger partial charge >= 0.3 is 0 Å². The molecule has 0 saturated carbocycles. The van der Waals surface area contributed by atoms with E-state index >= 15 is 0 Å². The van der Waals surface area contributed by atoms with E-state index in [9.17, 15) is 9.90 Å². The van der Waals surface area contributed by atoms with Gasteiger partial charge in [0.05, 0.1) is 0 Å². The number of aromatic hydroxyl groups is 1. The fraction of sp³-hybridized carbons (Fsp3) is 0.148. The Balaban J connectivity index is 1.76. The fourth-order valence-electron chi connectivity index (χ4n) is 3.26. The molecule has 0 aliphatic carbocycles. The van der Waals surface area contributed by atoms with E-state index in [1.165, 1.54) is 0 Å². The lowest BCUT2D eigenvalue weighted by atomic mass is 10.0. The van der Waals surface area contributed by atoms with Crippen molar-refractivity contribution in [2.24, 2.45) is 5.73 Å². The van der Waals surface area contributed by atoms with E-state index < -0.39 is 5.91 Å². The molecule has 3 N–H and O–H groups in total. The number of rotatable bonds is 8. The summed E-state index contributed by atoms with van der Waals surface area (Å²) in [6.07, 6.45) is 4.76. The first-order chi connectivity index (χ1) is 14.9. The predicted molar refractivity (Wildman–Crippen MR) is 125 cm³/mol. The molecule has 0 aliphatic rings. The second-order valence-electron chi connectivity index (χ2n) is 7.56. The second kappa shape index (κ2) is 10.3. The summed E-state index contributed by atoms with van der Waals surface area (Å²) in [5.74, 6) is 0.487. The van der Waals surface area contributed by atoms with Crippen molar-refractivity contribution >= 4 is 11.5 Å². The van der Waals surface area contributed by atoms with Crippen molar-refractivity contribution in [3.05, 3.63) is 113 Å². The van der Waals surface area contributed by atoms with E-state index in [1.54, 1.807) is 24.3 Å². The summed E-state index contributed by atoms with van der Waals surface area (Å²) in [4.78, 5) is 11.4. The molecule has 0 bridgehead atoms. The Kier molecular flexibility index (Phi) is 7.28. The molecule has 0 saturated heterocycles. The second-order valence-corrected chi connectivity index (χ2v) is 7.56. The van der Waals surface area contributed by atoms with Gasteiger partial charge in [0.2, 0.25) is 5.91 Å². The molecule has 4 nitrogen and oxygen atoms in total. The summed E-state index contributed by atoms with van der Waals surface area (Å²) in [5, 5.41) is 9.98. The van der Waals surface area contributed by atoms with Crippen molar-refractivity contribution in [1.82, 2.24) is 0 Å². The largest absolute Gasteiger partial charge is 0.508 e. The number of amides is 1. The monoisotopic (exact) mass is 413 g/mol. The summed E-state index contributed by atoms with van der Waals surface area (Å²) in [6, 6.07) is 22.5. The van der Waals surface area contributed by atoms with Gasteiger partial charge in [-0.25, -0.2) is 0 Å². The summed E-state index contributed by atoms with van der Waals surface area (Å²) >= 11 is 0. The van der Waals surface area contributed by atoms with Gasteiger partial charge in [-0.1, -0.05) is 60.2 Å². The number of nitrogens with two attached hydrogens (primary N) is 1. The Labute approximate surface area is 183 Å². The van der Waals surface area contributed by atoms with Crippen LogP contribution in [-0.2, 0) is 13.0 Å². The molecule has 3 aromatic rings. The van der Waals surface area contributed by atoms with E-state index in [1.807, 2.05) is 74.5 Å². The summed E-state index contributed by atoms with van der Waals surface area (Å²) in [6.45, 7) is 4.48. The maximum absolute atomic E-state index is 11.4. The molecule has 0 spiro atoms. The van der Waals surface area contributed by atoms with Gasteiger partial charge in [0.15, 0.2) is 0 Å². The molecule has 0 unspecified atom stereocenters. The number of phenolic OH excluding ortho intramolecular Hbond substituents is 1. The Morgan fingerprint density at radius 3 is 2.42 bits per heavy atom. The highest BCUT2D eigenvalue weighted by atomic mass is 16.5. The van der Waals surface area contributed by atoms with Gasteiger partial charge in [-0.05, 0) is 67.3 Å². The molecule has 3 rings (SSSR count). The van der Waals surface area contributed by atoms with Crippen molar-refractivity contribution in [2.75, 3.05) is 0 Å². The van der Waals surface area contributed by atoms with Crippen LogP contribution >= 0.6 is 0 Å². The lowest BCUT2D eigenvalue weighted by Gasteiger charge is -2.12. The number of hydrogen-bond donors (Lipinski definition) is 2. The van der Waals surface area contributed by atoms with Gasteiger partial charge in [-0.15, -0.1) is 0 Å². The lowest BCUT2D eigenvalue weighted by Crippen LogP contribution is -2.10. The van der Waals surface area contributed by atoms with Crippen LogP contribution in [0.15, 0.2) is 90.5 Å². The molecule has 0 heterocycles. The van der Waals surface area contributed by atoms with Crippen LogP contribution in [0.4, 0.5) is 0 Å². The molecule has 31 heavy (non-hydrogen) atoms. The third-order valence-electron chi connectivity index (χ3n) is 4.94. The molecule has 158 valence electrons. The third kappa shape index (κ3) is 6.34. The summed E-state index contributed by atoms with van der Waals surface area (Å²) in [7, 11) is 0. The Morgan fingerprint density at radius 2 is 1.68 bits per heavy atom. The summed E-state index contributed by atoms with van der Waals surface area (Å²) in [5.41, 5.74) is 10.9. The smallest absolute Gasteiger partial charge is 0.248 e. The number of benzene rings is 3. The van der Waals surface area contributed by atoms with Crippen molar-refractivity contribution in [3.8, 4) is 11.5 Å². The normalized spacial score (nSPS) is 11.9. The molecular weight excluding hydrogens is 386 g/mol. The van der Waals surface area contributed by atoms with E-state index in [0.29, 0.717) is 18.6 Å².